The van der Waals surface area contributed by atoms with Crippen molar-refractivity contribution in [3.63, 3.8) is 0 Å². The number of imidazole rings is 1. The van der Waals surface area contributed by atoms with E-state index in [-0.39, 0.29) is 17.5 Å². The van der Waals surface area contributed by atoms with E-state index in [1.807, 2.05) is 0 Å². The van der Waals surface area contributed by atoms with Crippen LogP contribution >= 0.6 is 0 Å². The number of anilines is 1. The van der Waals surface area contributed by atoms with E-state index in [2.05, 4.69) is 38.6 Å². The number of nitrogens with two attached hydrogens (primary N) is 1. The Hall–Kier alpha value is -2.13. The largest absolute Gasteiger partial charge is 0.463 e. The molecule has 0 unspecified atom stereocenters. The summed E-state index contributed by atoms with van der Waals surface area (Å²) in [5.74, 6) is 0.248. The van der Waals surface area contributed by atoms with Gasteiger partial charge < -0.3 is 25.3 Å². The highest BCUT2D eigenvalue weighted by Gasteiger charge is 2.17. The van der Waals surface area contributed by atoms with Gasteiger partial charge in [-0.1, -0.05) is 20.3 Å². The molecule has 0 spiro atoms. The van der Waals surface area contributed by atoms with Crippen molar-refractivity contribution in [2.75, 3.05) is 51.6 Å². The average molecular weight is 377 g/mol. The average Bonchev–Trinajstić information content (AvgIpc) is 2.99. The molecule has 150 valence electrons. The number of H-pyrrole nitrogens is 1. The zero-order valence-electron chi connectivity index (χ0n) is 16.4. The zero-order valence-corrected chi connectivity index (χ0v) is 16.4. The van der Waals surface area contributed by atoms with Crippen LogP contribution in [0.15, 0.2) is 4.79 Å². The van der Waals surface area contributed by atoms with E-state index in [1.165, 1.54) is 0 Å². The van der Waals surface area contributed by atoms with Gasteiger partial charge in [0.1, 0.15) is 5.52 Å². The summed E-state index contributed by atoms with van der Waals surface area (Å²) in [6.45, 7) is 11.9. The van der Waals surface area contributed by atoms with E-state index in [0.29, 0.717) is 24.3 Å². The standard InChI is InChI=1S/C18H31N7O2/c1-3-5-13-27-17-21-15(19)14-16(22-17)25(18(26)20-14)8-6-7-24-11-9-23(4-2)10-12-24/h3-13H2,1-2H3,(H,20,26)(H2,19,21,22). The van der Waals surface area contributed by atoms with Crippen LogP contribution < -0.4 is 16.2 Å². The monoisotopic (exact) mass is 377 g/mol. The van der Waals surface area contributed by atoms with Crippen molar-refractivity contribution in [2.24, 2.45) is 0 Å². The Labute approximate surface area is 159 Å². The summed E-state index contributed by atoms with van der Waals surface area (Å²) in [6.07, 6.45) is 2.83. The van der Waals surface area contributed by atoms with E-state index in [4.69, 9.17) is 10.5 Å². The molecule has 9 heteroatoms. The summed E-state index contributed by atoms with van der Waals surface area (Å²) in [5, 5.41) is 0. The molecular formula is C18H31N7O2. The molecule has 1 saturated heterocycles. The summed E-state index contributed by atoms with van der Waals surface area (Å²) in [4.78, 5) is 28.6. The molecule has 0 aliphatic carbocycles. The van der Waals surface area contributed by atoms with Gasteiger partial charge in [-0.05, 0) is 25.9 Å². The highest BCUT2D eigenvalue weighted by Crippen LogP contribution is 2.18. The summed E-state index contributed by atoms with van der Waals surface area (Å²) < 4.78 is 7.22. The molecule has 2 aromatic rings. The molecule has 0 atom stereocenters. The van der Waals surface area contributed by atoms with E-state index in [9.17, 15) is 4.79 Å². The van der Waals surface area contributed by atoms with Crippen LogP contribution in [0.25, 0.3) is 11.2 Å². The topological polar surface area (TPSA) is 105 Å². The molecule has 9 nitrogen and oxygen atoms in total. The lowest BCUT2D eigenvalue weighted by Gasteiger charge is -2.33. The van der Waals surface area contributed by atoms with Crippen LogP contribution in [0.5, 0.6) is 6.01 Å². The van der Waals surface area contributed by atoms with Gasteiger partial charge in [-0.3, -0.25) is 4.57 Å². The minimum Gasteiger partial charge on any atom is -0.463 e. The third-order valence-electron chi connectivity index (χ3n) is 5.13. The van der Waals surface area contributed by atoms with Crippen molar-refractivity contribution in [3.8, 4) is 6.01 Å². The quantitative estimate of drug-likeness (QED) is 0.626. The number of likely N-dealkylation sites (N-methyl/N-ethyl adjacent to an activating group) is 1. The lowest BCUT2D eigenvalue weighted by molar-refractivity contribution is 0.135. The highest BCUT2D eigenvalue weighted by atomic mass is 16.5. The van der Waals surface area contributed by atoms with Crippen LogP contribution in [0.1, 0.15) is 33.1 Å². The van der Waals surface area contributed by atoms with Crippen molar-refractivity contribution in [3.05, 3.63) is 10.5 Å². The lowest BCUT2D eigenvalue weighted by atomic mass is 10.3. The van der Waals surface area contributed by atoms with Gasteiger partial charge in [-0.15, -0.1) is 0 Å². The lowest BCUT2D eigenvalue weighted by Crippen LogP contribution is -2.46. The van der Waals surface area contributed by atoms with Crippen LogP contribution in [-0.4, -0.2) is 75.2 Å². The predicted octanol–water partition coefficient (Wildman–Crippen LogP) is 0.908. The maximum atomic E-state index is 12.3. The summed E-state index contributed by atoms with van der Waals surface area (Å²) in [7, 11) is 0. The molecule has 1 aliphatic heterocycles. The maximum Gasteiger partial charge on any atom is 0.327 e. The number of fused-ring (bicyclic) bond motifs is 1. The second kappa shape index (κ2) is 9.18. The molecular weight excluding hydrogens is 346 g/mol. The number of ether oxygens (including phenoxy) is 1. The first-order valence-corrected chi connectivity index (χ1v) is 9.96. The third-order valence-corrected chi connectivity index (χ3v) is 5.13. The molecule has 0 aromatic carbocycles. The number of aryl methyl sites for hydroxylation is 1. The van der Waals surface area contributed by atoms with E-state index < -0.39 is 0 Å². The Bertz CT molecular complexity index is 793. The van der Waals surface area contributed by atoms with Gasteiger partial charge in [0, 0.05) is 32.7 Å². The Balaban J connectivity index is 1.65. The fraction of sp³-hybridized carbons (Fsp3) is 0.722. The van der Waals surface area contributed by atoms with Crippen LogP contribution in [0.2, 0.25) is 0 Å². The van der Waals surface area contributed by atoms with Crippen LogP contribution in [-0.2, 0) is 6.54 Å². The van der Waals surface area contributed by atoms with Crippen molar-refractivity contribution in [1.29, 1.82) is 0 Å². The molecule has 3 heterocycles. The predicted molar refractivity (Wildman–Crippen MR) is 106 cm³/mol. The minimum atomic E-state index is -0.201. The molecule has 0 amide bonds. The molecule has 0 radical (unpaired) electrons. The Morgan fingerprint density at radius 3 is 2.52 bits per heavy atom. The SMILES string of the molecule is CCCCOc1nc(N)c2[nH]c(=O)n(CCCN3CCN(CC)CC3)c2n1. The fourth-order valence-electron chi connectivity index (χ4n) is 3.39. The number of rotatable bonds is 9. The van der Waals surface area contributed by atoms with E-state index in [1.54, 1.807) is 4.57 Å². The number of nitrogen functional groups attached to an aromatic ring is 1. The number of piperazine rings is 1. The first kappa shape index (κ1) is 19.6. The van der Waals surface area contributed by atoms with Gasteiger partial charge in [-0.2, -0.15) is 9.97 Å². The number of hydrogen-bond acceptors (Lipinski definition) is 7. The first-order valence-electron chi connectivity index (χ1n) is 9.96. The van der Waals surface area contributed by atoms with Crippen molar-refractivity contribution in [1.82, 2.24) is 29.3 Å². The number of aromatic nitrogens is 4. The first-order chi connectivity index (χ1) is 13.1. The van der Waals surface area contributed by atoms with Crippen LogP contribution in [0.3, 0.4) is 0 Å². The van der Waals surface area contributed by atoms with Gasteiger partial charge in [0.25, 0.3) is 0 Å². The molecule has 0 bridgehead atoms. The minimum absolute atomic E-state index is 0.201. The summed E-state index contributed by atoms with van der Waals surface area (Å²) in [5.41, 5.74) is 6.79. The van der Waals surface area contributed by atoms with Crippen LogP contribution in [0.4, 0.5) is 5.82 Å². The van der Waals surface area contributed by atoms with Gasteiger partial charge in [-0.25, -0.2) is 4.79 Å². The van der Waals surface area contributed by atoms with Crippen molar-refractivity contribution < 1.29 is 4.74 Å². The second-order valence-corrected chi connectivity index (χ2v) is 7.00. The van der Waals surface area contributed by atoms with Gasteiger partial charge in [0.15, 0.2) is 11.5 Å². The number of aromatic amines is 1. The Kier molecular flexibility index (Phi) is 6.68. The smallest absolute Gasteiger partial charge is 0.327 e. The van der Waals surface area contributed by atoms with E-state index >= 15 is 0 Å². The molecule has 1 aliphatic rings. The zero-order chi connectivity index (χ0) is 19.2. The summed E-state index contributed by atoms with van der Waals surface area (Å²) >= 11 is 0. The van der Waals surface area contributed by atoms with Crippen molar-refractivity contribution in [2.45, 2.75) is 39.7 Å². The molecule has 2 aromatic heterocycles. The van der Waals surface area contributed by atoms with Gasteiger partial charge >= 0.3 is 11.7 Å². The molecule has 1 fully saturated rings. The number of hydrogen-bond donors (Lipinski definition) is 2. The molecule has 0 saturated carbocycles. The Morgan fingerprint density at radius 2 is 1.81 bits per heavy atom. The van der Waals surface area contributed by atoms with Gasteiger partial charge in [0.2, 0.25) is 0 Å². The summed E-state index contributed by atoms with van der Waals surface area (Å²) in [6, 6.07) is 0.233. The van der Waals surface area contributed by atoms with E-state index in [0.717, 1.165) is 58.5 Å². The number of unbranched alkanes of at least 4 members (excludes halogenated alkanes) is 1. The molecule has 3 N–H and O–H groups in total. The maximum absolute atomic E-state index is 12.3. The molecule has 27 heavy (non-hydrogen) atoms. The third kappa shape index (κ3) is 4.78. The van der Waals surface area contributed by atoms with Gasteiger partial charge in [0.05, 0.1) is 6.61 Å². The number of nitrogens with one attached hydrogen (secondary N) is 1. The van der Waals surface area contributed by atoms with Crippen LogP contribution in [0, 0.1) is 0 Å². The molecule has 3 rings (SSSR count). The highest BCUT2D eigenvalue weighted by molar-refractivity contribution is 5.81. The second-order valence-electron chi connectivity index (χ2n) is 7.00. The van der Waals surface area contributed by atoms with Crippen molar-refractivity contribution >= 4 is 17.0 Å². The number of nitrogens with zero attached hydrogens (tertiary/aromatic N) is 5. The fourth-order valence-corrected chi connectivity index (χ4v) is 3.39. The normalized spacial score (nSPS) is 16.2. The Morgan fingerprint density at radius 1 is 1.07 bits per heavy atom.